The van der Waals surface area contributed by atoms with E-state index in [0.29, 0.717) is 19.4 Å². The van der Waals surface area contributed by atoms with Gasteiger partial charge in [0.25, 0.3) is 0 Å². The first kappa shape index (κ1) is 82.9. The second-order valence-electron chi connectivity index (χ2n) is 25.3. The number of hydrogen-bond acceptors (Lipinski definition) is 10. The highest BCUT2D eigenvalue weighted by Crippen LogP contribution is 2.23. The predicted octanol–water partition coefficient (Wildman–Crippen LogP) is 19.2. The van der Waals surface area contributed by atoms with E-state index < -0.39 is 49.5 Å². The van der Waals surface area contributed by atoms with Crippen LogP contribution >= 0.6 is 0 Å². The highest BCUT2D eigenvalue weighted by molar-refractivity contribution is 5.76. The van der Waals surface area contributed by atoms with Gasteiger partial charge >= 0.3 is 5.97 Å². The van der Waals surface area contributed by atoms with E-state index in [1.165, 1.54) is 218 Å². The number of aliphatic hydroxyl groups excluding tert-OH is 5. The van der Waals surface area contributed by atoms with Crippen LogP contribution in [0.2, 0.25) is 0 Å². The molecule has 11 heteroatoms. The lowest BCUT2D eigenvalue weighted by molar-refractivity contribution is -0.302. The molecule has 1 aliphatic heterocycles. The van der Waals surface area contributed by atoms with Crippen LogP contribution in [0.25, 0.3) is 0 Å². The third-order valence-electron chi connectivity index (χ3n) is 16.9. The molecule has 11 nitrogen and oxygen atoms in total. The summed E-state index contributed by atoms with van der Waals surface area (Å²) in [6.07, 6.45) is 80.0. The number of rotatable bonds is 64. The van der Waals surface area contributed by atoms with Crippen molar-refractivity contribution in [2.75, 3.05) is 19.8 Å². The molecule has 0 aromatic rings. The fraction of sp³-hybridized carbons (Fsp3) is 0.792. The van der Waals surface area contributed by atoms with Gasteiger partial charge in [-0.25, -0.2) is 0 Å². The van der Waals surface area contributed by atoms with Crippen molar-refractivity contribution in [1.82, 2.24) is 5.32 Å². The van der Waals surface area contributed by atoms with Gasteiger partial charge in [-0.2, -0.15) is 0 Å². The molecule has 1 aliphatic rings. The molecule has 510 valence electrons. The summed E-state index contributed by atoms with van der Waals surface area (Å²) in [4.78, 5) is 25.1. The number of amides is 1. The molecule has 0 spiro atoms. The lowest BCUT2D eigenvalue weighted by Crippen LogP contribution is -2.60. The van der Waals surface area contributed by atoms with E-state index in [2.05, 4.69) is 92.1 Å². The van der Waals surface area contributed by atoms with E-state index in [1.54, 1.807) is 6.08 Å². The molecule has 7 atom stereocenters. The first-order chi connectivity index (χ1) is 43.2. The molecular formula is C77H137NO10. The fourth-order valence-corrected chi connectivity index (χ4v) is 11.1. The van der Waals surface area contributed by atoms with Gasteiger partial charge in [-0.05, 0) is 116 Å². The molecule has 0 aromatic carbocycles. The monoisotopic (exact) mass is 1240 g/mol. The van der Waals surface area contributed by atoms with Crippen LogP contribution in [0.15, 0.2) is 85.1 Å². The van der Waals surface area contributed by atoms with Gasteiger partial charge in [0.2, 0.25) is 5.91 Å². The van der Waals surface area contributed by atoms with E-state index >= 15 is 0 Å². The van der Waals surface area contributed by atoms with Crippen LogP contribution in [0.5, 0.6) is 0 Å². The smallest absolute Gasteiger partial charge is 0.305 e. The fourth-order valence-electron chi connectivity index (χ4n) is 11.1. The van der Waals surface area contributed by atoms with Crippen LogP contribution in [0.1, 0.15) is 328 Å². The van der Waals surface area contributed by atoms with Crippen molar-refractivity contribution in [3.8, 4) is 0 Å². The summed E-state index contributed by atoms with van der Waals surface area (Å²) < 4.78 is 16.7. The summed E-state index contributed by atoms with van der Waals surface area (Å²) >= 11 is 0. The summed E-state index contributed by atoms with van der Waals surface area (Å²) in [5, 5.41) is 54.5. The zero-order chi connectivity index (χ0) is 63.7. The molecule has 88 heavy (non-hydrogen) atoms. The zero-order valence-electron chi connectivity index (χ0n) is 56.7. The topological polar surface area (TPSA) is 175 Å². The Labute approximate surface area is 540 Å². The molecular weight excluding hydrogens is 1100 g/mol. The van der Waals surface area contributed by atoms with Crippen LogP contribution in [0.4, 0.5) is 0 Å². The van der Waals surface area contributed by atoms with Crippen molar-refractivity contribution in [1.29, 1.82) is 0 Å². The molecule has 0 saturated carbocycles. The van der Waals surface area contributed by atoms with Crippen LogP contribution in [-0.2, 0) is 23.8 Å². The zero-order valence-corrected chi connectivity index (χ0v) is 56.7. The summed E-state index contributed by atoms with van der Waals surface area (Å²) in [5.41, 5.74) is 0. The molecule has 0 aromatic heterocycles. The number of carbonyl (C=O) groups excluding carboxylic acids is 2. The Morgan fingerprint density at radius 3 is 1.23 bits per heavy atom. The van der Waals surface area contributed by atoms with Gasteiger partial charge in [-0.1, -0.05) is 285 Å². The lowest BCUT2D eigenvalue weighted by Gasteiger charge is -2.40. The van der Waals surface area contributed by atoms with Crippen LogP contribution in [0, 0.1) is 0 Å². The average molecular weight is 1240 g/mol. The van der Waals surface area contributed by atoms with Crippen LogP contribution < -0.4 is 5.32 Å². The largest absolute Gasteiger partial charge is 0.466 e. The standard InChI is InChI=1S/C77H137NO10/c1-3-5-7-9-11-13-15-17-36-39-43-47-51-55-59-63-70(80)69(68-87-77-76(85)75(84)74(83)71(67-79)88-77)78-72(81)64-60-56-52-48-44-40-37-34-32-30-28-26-24-22-20-19-21-23-25-27-29-31-33-35-38-42-46-50-54-58-62-66-86-73(82)65-61-57-53-49-45-41-18-16-14-12-10-8-6-4-2/h10,12,15-18,21,23,27,29,43,47,59,63,69-71,74-77,79-80,83-85H,3-9,11,13-14,19-20,22,24-26,28,30-42,44-46,48-58,60-62,64-68H2,1-2H3,(H,78,81)/b12-10-,17-15+,18-16-,23-21-,29-27-,47-43+,63-59+. The van der Waals surface area contributed by atoms with E-state index in [9.17, 15) is 35.1 Å². The number of nitrogens with one attached hydrogen (secondary N) is 1. The first-order valence-corrected chi connectivity index (χ1v) is 36.9. The second-order valence-corrected chi connectivity index (χ2v) is 25.3. The van der Waals surface area contributed by atoms with Gasteiger partial charge < -0.3 is 45.1 Å². The van der Waals surface area contributed by atoms with Gasteiger partial charge in [0.05, 0.1) is 32.0 Å². The first-order valence-electron chi connectivity index (χ1n) is 36.9. The molecule has 6 N–H and O–H groups in total. The third-order valence-corrected chi connectivity index (χ3v) is 16.9. The van der Waals surface area contributed by atoms with E-state index in [-0.39, 0.29) is 18.5 Å². The van der Waals surface area contributed by atoms with E-state index in [4.69, 9.17) is 14.2 Å². The summed E-state index contributed by atoms with van der Waals surface area (Å²) in [7, 11) is 0. The number of allylic oxidation sites excluding steroid dienone is 13. The van der Waals surface area contributed by atoms with Crippen molar-refractivity contribution >= 4 is 11.9 Å². The Hall–Kier alpha value is -3.16. The van der Waals surface area contributed by atoms with Crippen molar-refractivity contribution in [3.63, 3.8) is 0 Å². The predicted molar refractivity (Wildman–Crippen MR) is 370 cm³/mol. The Balaban J connectivity index is 2.00. The Kier molecular flexibility index (Phi) is 61.5. The van der Waals surface area contributed by atoms with Crippen molar-refractivity contribution < 1.29 is 49.3 Å². The molecule has 1 amide bonds. The minimum absolute atomic E-state index is 0.0104. The molecule has 0 aliphatic carbocycles. The highest BCUT2D eigenvalue weighted by atomic mass is 16.7. The highest BCUT2D eigenvalue weighted by Gasteiger charge is 2.44. The molecule has 1 rings (SSSR count). The van der Waals surface area contributed by atoms with Gasteiger partial charge in [0, 0.05) is 12.8 Å². The van der Waals surface area contributed by atoms with Crippen molar-refractivity contribution in [2.45, 2.75) is 371 Å². The van der Waals surface area contributed by atoms with Crippen molar-refractivity contribution in [2.24, 2.45) is 0 Å². The Morgan fingerprint density at radius 1 is 0.420 bits per heavy atom. The number of ether oxygens (including phenoxy) is 3. The second kappa shape index (κ2) is 65.3. The number of carbonyl (C=O) groups is 2. The van der Waals surface area contributed by atoms with Gasteiger partial charge in [0.1, 0.15) is 24.4 Å². The van der Waals surface area contributed by atoms with Gasteiger partial charge in [-0.15, -0.1) is 0 Å². The summed E-state index contributed by atoms with van der Waals surface area (Å²) in [6.45, 7) is 4.28. The normalized spacial score (nSPS) is 18.3. The SMILES string of the molecule is CCCC/C=C\C/C=C\CCCCCCCC(=O)OCCCCCCCCCCC/C=C\C/C=C\CCCCCCCCCCCCCCCCCC(=O)NC(COC1OC(CO)C(O)C(O)C1O)C(O)/C=C/CC/C=C/CC/C=C/CCCCCCC. The van der Waals surface area contributed by atoms with Crippen LogP contribution in [0.3, 0.4) is 0 Å². The van der Waals surface area contributed by atoms with E-state index in [0.717, 1.165) is 83.5 Å². The maximum atomic E-state index is 13.1. The summed E-state index contributed by atoms with van der Waals surface area (Å²) in [5.74, 6) is -0.206. The maximum Gasteiger partial charge on any atom is 0.305 e. The minimum atomic E-state index is -1.58. The number of unbranched alkanes of at least 4 members (excludes halogenated alkanes) is 38. The van der Waals surface area contributed by atoms with Gasteiger partial charge in [0.15, 0.2) is 6.29 Å². The summed E-state index contributed by atoms with van der Waals surface area (Å²) in [6, 6.07) is -0.837. The number of esters is 1. The van der Waals surface area contributed by atoms with E-state index in [1.807, 2.05) is 6.08 Å². The van der Waals surface area contributed by atoms with Crippen LogP contribution in [-0.4, -0.2) is 100 Å². The van der Waals surface area contributed by atoms with Gasteiger partial charge in [-0.3, -0.25) is 9.59 Å². The average Bonchev–Trinajstić information content (AvgIpc) is 3.73. The third kappa shape index (κ3) is 53.5. The maximum absolute atomic E-state index is 13.1. The Morgan fingerprint density at radius 2 is 0.784 bits per heavy atom. The lowest BCUT2D eigenvalue weighted by atomic mass is 9.99. The number of aliphatic hydroxyl groups is 5. The van der Waals surface area contributed by atoms with Crippen molar-refractivity contribution in [3.05, 3.63) is 85.1 Å². The Bertz CT molecular complexity index is 1740. The molecule has 1 heterocycles. The molecule has 0 radical (unpaired) electrons. The molecule has 1 saturated heterocycles. The quantitative estimate of drug-likeness (QED) is 0.0195. The minimum Gasteiger partial charge on any atom is -0.466 e. The number of hydrogen-bond donors (Lipinski definition) is 6. The molecule has 0 bridgehead atoms. The molecule has 1 fully saturated rings. The molecule has 7 unspecified atom stereocenters.